The number of nitrogens with two attached hydrogens (primary N) is 3. The van der Waals surface area contributed by atoms with E-state index in [0.29, 0.717) is 17.1 Å². The first-order chi connectivity index (χ1) is 4.22. The SMILES string of the molecule is Cl.Nc1cccc(N)c1N. The molecule has 1 rings (SSSR count). The maximum atomic E-state index is 5.43. The number of para-hydroxylation sites is 1. The van der Waals surface area contributed by atoms with E-state index < -0.39 is 0 Å². The molecule has 0 radical (unpaired) electrons. The summed E-state index contributed by atoms with van der Waals surface area (Å²) in [6.07, 6.45) is 0. The van der Waals surface area contributed by atoms with Gasteiger partial charge in [-0.3, -0.25) is 0 Å². The molecule has 0 unspecified atom stereocenters. The van der Waals surface area contributed by atoms with Crippen LogP contribution in [0.1, 0.15) is 0 Å². The van der Waals surface area contributed by atoms with Crippen LogP contribution in [0.25, 0.3) is 0 Å². The van der Waals surface area contributed by atoms with Gasteiger partial charge in [0.1, 0.15) is 0 Å². The predicted octanol–water partition coefficient (Wildman–Crippen LogP) is 0.855. The fourth-order valence-electron chi connectivity index (χ4n) is 0.602. The van der Waals surface area contributed by atoms with E-state index in [9.17, 15) is 0 Å². The van der Waals surface area contributed by atoms with Gasteiger partial charge in [0.15, 0.2) is 0 Å². The molecule has 6 N–H and O–H groups in total. The van der Waals surface area contributed by atoms with E-state index in [1.54, 1.807) is 18.2 Å². The van der Waals surface area contributed by atoms with Crippen molar-refractivity contribution >= 4 is 29.5 Å². The molecular weight excluding hydrogens is 150 g/mol. The van der Waals surface area contributed by atoms with Gasteiger partial charge < -0.3 is 17.2 Å². The zero-order valence-corrected chi connectivity index (χ0v) is 6.19. The van der Waals surface area contributed by atoms with Crippen LogP contribution in [0.4, 0.5) is 17.1 Å². The van der Waals surface area contributed by atoms with Crippen LogP contribution in [0.5, 0.6) is 0 Å². The maximum absolute atomic E-state index is 5.43. The Hall–Kier alpha value is -1.09. The van der Waals surface area contributed by atoms with Gasteiger partial charge >= 0.3 is 0 Å². The number of hydrogen-bond acceptors (Lipinski definition) is 3. The van der Waals surface area contributed by atoms with Gasteiger partial charge in [-0.25, -0.2) is 0 Å². The monoisotopic (exact) mass is 159 g/mol. The summed E-state index contributed by atoms with van der Waals surface area (Å²) in [5, 5.41) is 0. The highest BCUT2D eigenvalue weighted by atomic mass is 35.5. The van der Waals surface area contributed by atoms with E-state index in [1.807, 2.05) is 0 Å². The number of rotatable bonds is 0. The molecule has 4 heteroatoms. The van der Waals surface area contributed by atoms with Crippen molar-refractivity contribution in [3.8, 4) is 0 Å². The second-order valence-electron chi connectivity index (χ2n) is 1.85. The van der Waals surface area contributed by atoms with Crippen LogP contribution < -0.4 is 17.2 Å². The van der Waals surface area contributed by atoms with Crippen molar-refractivity contribution in [2.24, 2.45) is 0 Å². The van der Waals surface area contributed by atoms with E-state index in [4.69, 9.17) is 17.2 Å². The minimum Gasteiger partial charge on any atom is -0.397 e. The molecule has 56 valence electrons. The molecule has 0 aliphatic heterocycles. The Morgan fingerprint density at radius 2 is 1.30 bits per heavy atom. The molecule has 0 spiro atoms. The smallest absolute Gasteiger partial charge is 0.0781 e. The number of nitrogen functional groups attached to an aromatic ring is 3. The molecule has 10 heavy (non-hydrogen) atoms. The summed E-state index contributed by atoms with van der Waals surface area (Å²) < 4.78 is 0. The summed E-state index contributed by atoms with van der Waals surface area (Å²) >= 11 is 0. The average Bonchev–Trinajstić information content (AvgIpc) is 1.83. The first-order valence-electron chi connectivity index (χ1n) is 2.61. The number of halogens is 1. The summed E-state index contributed by atoms with van der Waals surface area (Å²) in [7, 11) is 0. The number of anilines is 3. The zero-order chi connectivity index (χ0) is 6.85. The summed E-state index contributed by atoms with van der Waals surface area (Å²) in [4.78, 5) is 0. The molecule has 1 aromatic carbocycles. The lowest BCUT2D eigenvalue weighted by Gasteiger charge is -2.00. The number of benzene rings is 1. The van der Waals surface area contributed by atoms with E-state index in [0.717, 1.165) is 0 Å². The molecule has 0 heterocycles. The highest BCUT2D eigenvalue weighted by Gasteiger charge is 1.94. The lowest BCUT2D eigenvalue weighted by molar-refractivity contribution is 1.65. The summed E-state index contributed by atoms with van der Waals surface area (Å²) in [5.74, 6) is 0. The molecule has 0 aliphatic rings. The Morgan fingerprint density at radius 3 is 1.60 bits per heavy atom. The second-order valence-corrected chi connectivity index (χ2v) is 1.85. The van der Waals surface area contributed by atoms with Gasteiger partial charge in [-0.1, -0.05) is 6.07 Å². The molecule has 0 bridgehead atoms. The van der Waals surface area contributed by atoms with E-state index in [1.165, 1.54) is 0 Å². The predicted molar refractivity (Wildman–Crippen MR) is 46.9 cm³/mol. The molecule has 0 aliphatic carbocycles. The normalized spacial score (nSPS) is 8.40. The highest BCUT2D eigenvalue weighted by molar-refractivity contribution is 5.85. The molecule has 0 fully saturated rings. The first kappa shape index (κ1) is 8.91. The second kappa shape index (κ2) is 3.17. The summed E-state index contributed by atoms with van der Waals surface area (Å²) in [6.45, 7) is 0. The molecule has 1 aromatic rings. The molecule has 3 nitrogen and oxygen atoms in total. The van der Waals surface area contributed by atoms with Crippen molar-refractivity contribution in [1.82, 2.24) is 0 Å². The Balaban J connectivity index is 0.000000810. The van der Waals surface area contributed by atoms with Crippen LogP contribution in [0.3, 0.4) is 0 Å². The standard InChI is InChI=1S/C6H9N3.ClH/c7-4-2-1-3-5(8)6(4)9;/h1-3H,7-9H2;1H. The Morgan fingerprint density at radius 1 is 0.900 bits per heavy atom. The molecule has 0 atom stereocenters. The van der Waals surface area contributed by atoms with Crippen molar-refractivity contribution in [3.05, 3.63) is 18.2 Å². The Bertz CT molecular complexity index is 204. The summed E-state index contributed by atoms with van der Waals surface area (Å²) in [5.41, 5.74) is 17.8. The van der Waals surface area contributed by atoms with Crippen molar-refractivity contribution in [2.75, 3.05) is 17.2 Å². The van der Waals surface area contributed by atoms with Crippen molar-refractivity contribution in [1.29, 1.82) is 0 Å². The first-order valence-corrected chi connectivity index (χ1v) is 2.61. The van der Waals surface area contributed by atoms with Crippen molar-refractivity contribution < 1.29 is 0 Å². The van der Waals surface area contributed by atoms with Crippen LogP contribution in [0.2, 0.25) is 0 Å². The maximum Gasteiger partial charge on any atom is 0.0781 e. The van der Waals surface area contributed by atoms with Crippen LogP contribution in [-0.4, -0.2) is 0 Å². The van der Waals surface area contributed by atoms with Gasteiger partial charge in [0.05, 0.1) is 17.1 Å². The van der Waals surface area contributed by atoms with Gasteiger partial charge in [-0.15, -0.1) is 12.4 Å². The Kier molecular flexibility index (Phi) is 2.83. The van der Waals surface area contributed by atoms with Crippen LogP contribution in [-0.2, 0) is 0 Å². The van der Waals surface area contributed by atoms with Crippen molar-refractivity contribution in [2.45, 2.75) is 0 Å². The minimum atomic E-state index is 0. The van der Waals surface area contributed by atoms with Crippen LogP contribution in [0.15, 0.2) is 18.2 Å². The average molecular weight is 160 g/mol. The van der Waals surface area contributed by atoms with Gasteiger partial charge in [-0.2, -0.15) is 0 Å². The van der Waals surface area contributed by atoms with E-state index in [-0.39, 0.29) is 12.4 Å². The van der Waals surface area contributed by atoms with Crippen LogP contribution in [0, 0.1) is 0 Å². The summed E-state index contributed by atoms with van der Waals surface area (Å²) in [6, 6.07) is 5.19. The lowest BCUT2D eigenvalue weighted by atomic mass is 10.2. The van der Waals surface area contributed by atoms with E-state index >= 15 is 0 Å². The third-order valence-electron chi connectivity index (χ3n) is 1.17. The molecule has 0 aromatic heterocycles. The van der Waals surface area contributed by atoms with E-state index in [2.05, 4.69) is 0 Å². The van der Waals surface area contributed by atoms with Gasteiger partial charge in [-0.05, 0) is 12.1 Å². The number of hydrogen-bond donors (Lipinski definition) is 3. The third-order valence-corrected chi connectivity index (χ3v) is 1.17. The minimum absolute atomic E-state index is 0. The molecule has 0 saturated carbocycles. The largest absolute Gasteiger partial charge is 0.397 e. The van der Waals surface area contributed by atoms with Gasteiger partial charge in [0, 0.05) is 0 Å². The van der Waals surface area contributed by atoms with Crippen molar-refractivity contribution in [3.63, 3.8) is 0 Å². The van der Waals surface area contributed by atoms with Gasteiger partial charge in [0.25, 0.3) is 0 Å². The lowest BCUT2D eigenvalue weighted by Crippen LogP contribution is -1.98. The van der Waals surface area contributed by atoms with Gasteiger partial charge in [0.2, 0.25) is 0 Å². The molecule has 0 amide bonds. The third kappa shape index (κ3) is 1.45. The molecule has 0 saturated heterocycles. The fraction of sp³-hybridized carbons (Fsp3) is 0. The Labute approximate surface area is 65.6 Å². The quantitative estimate of drug-likeness (QED) is 0.492. The topological polar surface area (TPSA) is 78.1 Å². The fourth-order valence-corrected chi connectivity index (χ4v) is 0.602. The van der Waals surface area contributed by atoms with Crippen LogP contribution >= 0.6 is 12.4 Å². The highest BCUT2D eigenvalue weighted by Crippen LogP contribution is 2.20. The molecular formula is C6H10ClN3. The zero-order valence-electron chi connectivity index (χ0n) is 5.37.